The van der Waals surface area contributed by atoms with Gasteiger partial charge in [0.25, 0.3) is 5.91 Å². The van der Waals surface area contributed by atoms with E-state index >= 15 is 0 Å². The van der Waals surface area contributed by atoms with Crippen molar-refractivity contribution in [2.24, 2.45) is 0 Å². The SMILES string of the molecule is CCCCOCCCNCc1cc(OC)c(OCC(=O)NC(C)(C)C)cc1Cl. The molecule has 1 amide bonds. The second-order valence-electron chi connectivity index (χ2n) is 7.68. The molecule has 0 unspecified atom stereocenters. The first-order chi connectivity index (χ1) is 13.3. The average Bonchev–Trinajstić information content (AvgIpc) is 2.62. The maximum absolute atomic E-state index is 11.9. The van der Waals surface area contributed by atoms with Gasteiger partial charge in [0, 0.05) is 36.4 Å². The highest BCUT2D eigenvalue weighted by molar-refractivity contribution is 6.31. The van der Waals surface area contributed by atoms with Gasteiger partial charge in [0.05, 0.1) is 7.11 Å². The topological polar surface area (TPSA) is 68.8 Å². The van der Waals surface area contributed by atoms with E-state index in [-0.39, 0.29) is 18.1 Å². The number of hydrogen-bond donors (Lipinski definition) is 2. The summed E-state index contributed by atoms with van der Waals surface area (Å²) in [4.78, 5) is 11.9. The minimum atomic E-state index is -0.307. The van der Waals surface area contributed by atoms with E-state index in [1.807, 2.05) is 26.8 Å². The molecule has 0 bridgehead atoms. The molecular formula is C21H35ClN2O4. The van der Waals surface area contributed by atoms with Crippen LogP contribution in [0.4, 0.5) is 0 Å². The van der Waals surface area contributed by atoms with Gasteiger partial charge in [0.2, 0.25) is 0 Å². The van der Waals surface area contributed by atoms with Crippen LogP contribution in [0.15, 0.2) is 12.1 Å². The van der Waals surface area contributed by atoms with E-state index in [1.165, 1.54) is 0 Å². The zero-order valence-electron chi connectivity index (χ0n) is 17.8. The Kier molecular flexibility index (Phi) is 11.3. The molecule has 6 nitrogen and oxygen atoms in total. The quantitative estimate of drug-likeness (QED) is 0.478. The minimum absolute atomic E-state index is 0.0976. The fourth-order valence-corrected chi connectivity index (χ4v) is 2.67. The molecule has 0 saturated heterocycles. The molecule has 0 aliphatic rings. The van der Waals surface area contributed by atoms with E-state index in [1.54, 1.807) is 13.2 Å². The molecule has 0 atom stereocenters. The third-order valence-corrected chi connectivity index (χ3v) is 4.16. The number of nitrogens with one attached hydrogen (secondary N) is 2. The van der Waals surface area contributed by atoms with Crippen molar-refractivity contribution in [3.05, 3.63) is 22.7 Å². The van der Waals surface area contributed by atoms with E-state index in [9.17, 15) is 4.79 Å². The zero-order chi connectivity index (χ0) is 21.0. The zero-order valence-corrected chi connectivity index (χ0v) is 18.6. The summed E-state index contributed by atoms with van der Waals surface area (Å²) >= 11 is 6.38. The normalized spacial score (nSPS) is 11.4. The summed E-state index contributed by atoms with van der Waals surface area (Å²) < 4.78 is 16.5. The number of methoxy groups -OCH3 is 1. The minimum Gasteiger partial charge on any atom is -0.493 e. The fourth-order valence-electron chi connectivity index (χ4n) is 2.45. The van der Waals surface area contributed by atoms with Crippen LogP contribution in [0, 0.1) is 0 Å². The number of halogens is 1. The van der Waals surface area contributed by atoms with Crippen molar-refractivity contribution in [1.82, 2.24) is 10.6 Å². The predicted octanol–water partition coefficient (Wildman–Crippen LogP) is 3.94. The van der Waals surface area contributed by atoms with Crippen molar-refractivity contribution in [3.63, 3.8) is 0 Å². The Morgan fingerprint density at radius 3 is 2.50 bits per heavy atom. The van der Waals surface area contributed by atoms with Crippen molar-refractivity contribution in [3.8, 4) is 11.5 Å². The molecule has 1 aromatic rings. The van der Waals surface area contributed by atoms with E-state index in [0.717, 1.165) is 44.6 Å². The van der Waals surface area contributed by atoms with Gasteiger partial charge in [-0.1, -0.05) is 24.9 Å². The van der Waals surface area contributed by atoms with Crippen LogP contribution >= 0.6 is 11.6 Å². The van der Waals surface area contributed by atoms with Gasteiger partial charge in [-0.15, -0.1) is 0 Å². The lowest BCUT2D eigenvalue weighted by Crippen LogP contribution is -2.43. The summed E-state index contributed by atoms with van der Waals surface area (Å²) in [5, 5.41) is 6.77. The Morgan fingerprint density at radius 2 is 1.86 bits per heavy atom. The standard InChI is InChI=1S/C21H35ClN2O4/c1-6-7-10-27-11-8-9-23-14-16-12-18(26-5)19(13-17(16)22)28-15-20(25)24-21(2,3)4/h12-13,23H,6-11,14-15H2,1-5H3,(H,24,25). The summed E-state index contributed by atoms with van der Waals surface area (Å²) in [6.45, 7) is 10.9. The first-order valence-electron chi connectivity index (χ1n) is 9.85. The first-order valence-corrected chi connectivity index (χ1v) is 10.2. The molecule has 0 heterocycles. The van der Waals surface area contributed by atoms with Crippen molar-refractivity contribution >= 4 is 17.5 Å². The van der Waals surface area contributed by atoms with Gasteiger partial charge in [0.15, 0.2) is 18.1 Å². The summed E-state index contributed by atoms with van der Waals surface area (Å²) in [6, 6.07) is 3.53. The van der Waals surface area contributed by atoms with Gasteiger partial charge in [0.1, 0.15) is 0 Å². The lowest BCUT2D eigenvalue weighted by atomic mass is 10.1. The van der Waals surface area contributed by atoms with Crippen molar-refractivity contribution in [2.45, 2.75) is 59.0 Å². The molecule has 1 aromatic carbocycles. The molecule has 0 aliphatic heterocycles. The van der Waals surface area contributed by atoms with Crippen LogP contribution in [0.3, 0.4) is 0 Å². The summed E-state index contributed by atoms with van der Waals surface area (Å²) in [6.07, 6.45) is 3.21. The van der Waals surface area contributed by atoms with E-state index in [4.69, 9.17) is 25.8 Å². The van der Waals surface area contributed by atoms with Crippen LogP contribution in [0.1, 0.15) is 52.5 Å². The Hall–Kier alpha value is -1.50. The smallest absolute Gasteiger partial charge is 0.258 e. The van der Waals surface area contributed by atoms with Crippen LogP contribution in [0.25, 0.3) is 0 Å². The molecule has 7 heteroatoms. The highest BCUT2D eigenvalue weighted by Gasteiger charge is 2.16. The van der Waals surface area contributed by atoms with Crippen molar-refractivity contribution in [1.29, 1.82) is 0 Å². The number of carbonyl (C=O) groups excluding carboxylic acids is 1. The van der Waals surface area contributed by atoms with Crippen molar-refractivity contribution < 1.29 is 19.0 Å². The molecule has 28 heavy (non-hydrogen) atoms. The number of unbranched alkanes of at least 4 members (excludes halogenated alkanes) is 1. The van der Waals surface area contributed by atoms with Crippen molar-refractivity contribution in [2.75, 3.05) is 33.5 Å². The fraction of sp³-hybridized carbons (Fsp3) is 0.667. The third kappa shape index (κ3) is 10.2. The molecular weight excluding hydrogens is 380 g/mol. The highest BCUT2D eigenvalue weighted by atomic mass is 35.5. The Balaban J connectivity index is 2.50. The van der Waals surface area contributed by atoms with Crippen LogP contribution < -0.4 is 20.1 Å². The molecule has 1 rings (SSSR count). The predicted molar refractivity (Wildman–Crippen MR) is 113 cm³/mol. The number of amides is 1. The van der Waals surface area contributed by atoms with Crippen LogP contribution in [-0.4, -0.2) is 44.9 Å². The van der Waals surface area contributed by atoms with Gasteiger partial charge in [-0.3, -0.25) is 4.79 Å². The highest BCUT2D eigenvalue weighted by Crippen LogP contribution is 2.33. The number of rotatable bonds is 13. The number of hydrogen-bond acceptors (Lipinski definition) is 5. The van der Waals surface area contributed by atoms with Crippen LogP contribution in [0.5, 0.6) is 11.5 Å². The maximum atomic E-state index is 11.9. The maximum Gasteiger partial charge on any atom is 0.258 e. The second kappa shape index (κ2) is 12.9. The first kappa shape index (κ1) is 24.5. The van der Waals surface area contributed by atoms with E-state index in [0.29, 0.717) is 23.1 Å². The Labute approximate surface area is 174 Å². The van der Waals surface area contributed by atoms with Gasteiger partial charge >= 0.3 is 0 Å². The van der Waals surface area contributed by atoms with Gasteiger partial charge in [-0.05, 0) is 51.8 Å². The monoisotopic (exact) mass is 414 g/mol. The van der Waals surface area contributed by atoms with Gasteiger partial charge in [-0.2, -0.15) is 0 Å². The van der Waals surface area contributed by atoms with Gasteiger partial charge in [-0.25, -0.2) is 0 Å². The molecule has 2 N–H and O–H groups in total. The number of ether oxygens (including phenoxy) is 3. The molecule has 0 aromatic heterocycles. The Morgan fingerprint density at radius 1 is 1.14 bits per heavy atom. The molecule has 0 spiro atoms. The largest absolute Gasteiger partial charge is 0.493 e. The molecule has 0 aliphatic carbocycles. The van der Waals surface area contributed by atoms with E-state index in [2.05, 4.69) is 17.6 Å². The Bertz CT molecular complexity index is 603. The second-order valence-corrected chi connectivity index (χ2v) is 8.08. The molecule has 0 fully saturated rings. The lowest BCUT2D eigenvalue weighted by molar-refractivity contribution is -0.124. The molecule has 160 valence electrons. The lowest BCUT2D eigenvalue weighted by Gasteiger charge is -2.21. The van der Waals surface area contributed by atoms with Gasteiger partial charge < -0.3 is 24.8 Å². The average molecular weight is 415 g/mol. The van der Waals surface area contributed by atoms with E-state index < -0.39 is 0 Å². The number of benzene rings is 1. The summed E-state index contributed by atoms with van der Waals surface area (Å²) in [5.41, 5.74) is 0.607. The van der Waals surface area contributed by atoms with Crippen LogP contribution in [-0.2, 0) is 16.1 Å². The summed E-state index contributed by atoms with van der Waals surface area (Å²) in [5.74, 6) is 0.801. The van der Waals surface area contributed by atoms with Crippen LogP contribution in [0.2, 0.25) is 5.02 Å². The summed E-state index contributed by atoms with van der Waals surface area (Å²) in [7, 11) is 1.57. The molecule has 0 radical (unpaired) electrons. The number of carbonyl (C=O) groups is 1. The molecule has 0 saturated carbocycles. The third-order valence-electron chi connectivity index (χ3n) is 3.81.